The van der Waals surface area contributed by atoms with E-state index in [1.807, 2.05) is 6.08 Å². The Morgan fingerprint density at radius 3 is 2.50 bits per heavy atom. The molecule has 134 valence electrons. The first-order valence-corrected chi connectivity index (χ1v) is 9.01. The third-order valence-electron chi connectivity index (χ3n) is 6.38. The Morgan fingerprint density at radius 1 is 1.29 bits per heavy atom. The number of carboxylic acids is 1. The molecule has 2 aliphatic carbocycles. The lowest BCUT2D eigenvalue weighted by atomic mass is 9.79. The molecule has 0 aliphatic heterocycles. The summed E-state index contributed by atoms with van der Waals surface area (Å²) in [4.78, 5) is 36.7. The normalized spacial score (nSPS) is 37.3. The van der Waals surface area contributed by atoms with Gasteiger partial charge >= 0.3 is 5.97 Å². The van der Waals surface area contributed by atoms with Gasteiger partial charge in [0.05, 0.1) is 5.92 Å². The topological polar surface area (TPSA) is 71.4 Å². The molecule has 1 N–H and O–H groups in total. The Bertz CT molecular complexity index is 572. The molecule has 0 radical (unpaired) electrons. The number of carbonyl (C=O) groups is 3. The number of allylic oxidation sites excluding steroid dienone is 2. The van der Waals surface area contributed by atoms with Crippen LogP contribution < -0.4 is 0 Å². The zero-order valence-electron chi connectivity index (χ0n) is 15.5. The molecule has 4 heteroatoms. The minimum Gasteiger partial charge on any atom is -0.481 e. The van der Waals surface area contributed by atoms with Crippen LogP contribution >= 0.6 is 0 Å². The first-order valence-electron chi connectivity index (χ1n) is 9.01. The molecule has 0 aromatic heterocycles. The van der Waals surface area contributed by atoms with Crippen molar-refractivity contribution in [2.24, 2.45) is 35.0 Å². The minimum atomic E-state index is -0.919. The van der Waals surface area contributed by atoms with E-state index in [1.165, 1.54) is 5.57 Å². The molecule has 0 saturated heterocycles. The van der Waals surface area contributed by atoms with Crippen LogP contribution in [-0.2, 0) is 14.4 Å². The summed E-state index contributed by atoms with van der Waals surface area (Å²) in [6.45, 7) is 9.76. The van der Waals surface area contributed by atoms with Crippen LogP contribution in [0, 0.1) is 35.0 Å². The van der Waals surface area contributed by atoms with Crippen molar-refractivity contribution in [3.8, 4) is 0 Å². The Balaban J connectivity index is 2.35. The number of fused-ring (bicyclic) bond motifs is 1. The largest absolute Gasteiger partial charge is 0.481 e. The Hall–Kier alpha value is -1.45. The van der Waals surface area contributed by atoms with E-state index >= 15 is 0 Å². The highest BCUT2D eigenvalue weighted by Crippen LogP contribution is 2.65. The molecule has 0 aromatic rings. The van der Waals surface area contributed by atoms with Gasteiger partial charge in [-0.15, -0.1) is 0 Å². The van der Waals surface area contributed by atoms with Gasteiger partial charge in [-0.25, -0.2) is 0 Å². The zero-order chi connectivity index (χ0) is 18.2. The standard InChI is InChI=1S/C20H30O4/c1-11-6-8-14-18(20(14,4)5)17(13(3)19(23)24)16(22)10-12(2)15(21)9-7-11/h7,12-14,17-18H,6,8-10H2,1-5H3,(H,23,24)/b11-7+/t12-,13-,14+,17-,18-/m0/s1. The Morgan fingerprint density at radius 2 is 1.92 bits per heavy atom. The second-order valence-corrected chi connectivity index (χ2v) is 8.44. The van der Waals surface area contributed by atoms with E-state index in [0.717, 1.165) is 12.8 Å². The maximum atomic E-state index is 12.9. The molecule has 0 heterocycles. The molecule has 2 aliphatic rings. The monoisotopic (exact) mass is 334 g/mol. The number of hydrogen-bond donors (Lipinski definition) is 1. The van der Waals surface area contributed by atoms with Crippen molar-refractivity contribution in [1.29, 1.82) is 0 Å². The number of hydrogen-bond acceptors (Lipinski definition) is 3. The maximum absolute atomic E-state index is 12.9. The van der Waals surface area contributed by atoms with Gasteiger partial charge in [0.2, 0.25) is 0 Å². The molecular weight excluding hydrogens is 304 g/mol. The van der Waals surface area contributed by atoms with Gasteiger partial charge in [-0.3, -0.25) is 14.4 Å². The molecule has 0 spiro atoms. The number of carboxylic acid groups (broad SMARTS) is 1. The van der Waals surface area contributed by atoms with Crippen molar-refractivity contribution in [3.63, 3.8) is 0 Å². The molecule has 4 nitrogen and oxygen atoms in total. The SMILES string of the molecule is C/C1=C\CC(=O)[C@@H](C)CC(=O)[C@H]([C@H](C)C(=O)O)[C@@H]2[C@@H](CC1)C2(C)C. The molecule has 24 heavy (non-hydrogen) atoms. The highest BCUT2D eigenvalue weighted by atomic mass is 16.4. The third kappa shape index (κ3) is 3.62. The Labute approximate surface area is 144 Å². The average molecular weight is 334 g/mol. The fourth-order valence-corrected chi connectivity index (χ4v) is 4.51. The zero-order valence-corrected chi connectivity index (χ0v) is 15.5. The summed E-state index contributed by atoms with van der Waals surface area (Å²) in [7, 11) is 0. The number of carbonyl (C=O) groups excluding carboxylic acids is 2. The first kappa shape index (κ1) is 18.9. The molecule has 1 saturated carbocycles. The highest BCUT2D eigenvalue weighted by Gasteiger charge is 2.62. The predicted octanol–water partition coefficient (Wildman–Crippen LogP) is 3.89. The van der Waals surface area contributed by atoms with Gasteiger partial charge in [0, 0.05) is 24.7 Å². The van der Waals surface area contributed by atoms with Gasteiger partial charge in [-0.1, -0.05) is 39.3 Å². The molecule has 0 amide bonds. The molecular formula is C20H30O4. The van der Waals surface area contributed by atoms with Crippen LogP contribution in [0.15, 0.2) is 11.6 Å². The van der Waals surface area contributed by atoms with Crippen LogP contribution in [0.1, 0.15) is 60.3 Å². The molecule has 1 fully saturated rings. The summed E-state index contributed by atoms with van der Waals surface area (Å²) >= 11 is 0. The van der Waals surface area contributed by atoms with E-state index in [-0.39, 0.29) is 35.2 Å². The smallest absolute Gasteiger partial charge is 0.306 e. The second kappa shape index (κ2) is 6.81. The van der Waals surface area contributed by atoms with Gasteiger partial charge < -0.3 is 5.11 Å². The molecule has 5 atom stereocenters. The number of ketones is 2. The first-order chi connectivity index (χ1) is 11.1. The fourth-order valence-electron chi connectivity index (χ4n) is 4.51. The van der Waals surface area contributed by atoms with Gasteiger partial charge in [-0.05, 0) is 37.0 Å². The summed E-state index contributed by atoms with van der Waals surface area (Å²) < 4.78 is 0. The summed E-state index contributed by atoms with van der Waals surface area (Å²) in [5.74, 6) is -1.95. The predicted molar refractivity (Wildman–Crippen MR) is 92.5 cm³/mol. The summed E-state index contributed by atoms with van der Waals surface area (Å²) in [5, 5.41) is 9.48. The minimum absolute atomic E-state index is 0.00832. The van der Waals surface area contributed by atoms with Gasteiger partial charge in [0.15, 0.2) is 0 Å². The van der Waals surface area contributed by atoms with Crippen molar-refractivity contribution in [1.82, 2.24) is 0 Å². The van der Waals surface area contributed by atoms with Crippen LogP contribution in [0.3, 0.4) is 0 Å². The lowest BCUT2D eigenvalue weighted by molar-refractivity contribution is -0.147. The summed E-state index contributed by atoms with van der Waals surface area (Å²) in [6, 6.07) is 0. The second-order valence-electron chi connectivity index (χ2n) is 8.44. The molecule has 0 bridgehead atoms. The molecule has 2 rings (SSSR count). The van der Waals surface area contributed by atoms with Crippen molar-refractivity contribution in [2.45, 2.75) is 60.3 Å². The van der Waals surface area contributed by atoms with E-state index in [4.69, 9.17) is 0 Å². The van der Waals surface area contributed by atoms with Crippen molar-refractivity contribution >= 4 is 17.5 Å². The van der Waals surface area contributed by atoms with Crippen molar-refractivity contribution in [2.75, 3.05) is 0 Å². The third-order valence-corrected chi connectivity index (χ3v) is 6.38. The number of aliphatic carboxylic acids is 1. The lowest BCUT2D eigenvalue weighted by Crippen LogP contribution is -2.33. The number of rotatable bonds is 2. The summed E-state index contributed by atoms with van der Waals surface area (Å²) in [6.07, 6.45) is 4.39. The van der Waals surface area contributed by atoms with E-state index in [2.05, 4.69) is 20.8 Å². The summed E-state index contributed by atoms with van der Waals surface area (Å²) in [5.41, 5.74) is 1.21. The van der Waals surface area contributed by atoms with Gasteiger partial charge in [0.25, 0.3) is 0 Å². The van der Waals surface area contributed by atoms with Crippen LogP contribution in [0.2, 0.25) is 0 Å². The molecule has 0 unspecified atom stereocenters. The van der Waals surface area contributed by atoms with Crippen molar-refractivity contribution in [3.05, 3.63) is 11.6 Å². The maximum Gasteiger partial charge on any atom is 0.306 e. The Kier molecular flexibility index (Phi) is 5.36. The van der Waals surface area contributed by atoms with E-state index in [9.17, 15) is 19.5 Å². The average Bonchev–Trinajstić information content (AvgIpc) is 3.02. The lowest BCUT2D eigenvalue weighted by Gasteiger charge is -2.23. The quantitative estimate of drug-likeness (QED) is 0.778. The van der Waals surface area contributed by atoms with E-state index < -0.39 is 17.8 Å². The van der Waals surface area contributed by atoms with Crippen LogP contribution in [-0.4, -0.2) is 22.6 Å². The number of Topliss-reactive ketones (excluding diaryl/α,β-unsaturated/α-hetero) is 2. The van der Waals surface area contributed by atoms with Crippen LogP contribution in [0.25, 0.3) is 0 Å². The van der Waals surface area contributed by atoms with Crippen LogP contribution in [0.4, 0.5) is 0 Å². The highest BCUT2D eigenvalue weighted by molar-refractivity contribution is 5.92. The van der Waals surface area contributed by atoms with Gasteiger partial charge in [0.1, 0.15) is 11.6 Å². The van der Waals surface area contributed by atoms with Crippen molar-refractivity contribution < 1.29 is 19.5 Å². The van der Waals surface area contributed by atoms with E-state index in [0.29, 0.717) is 12.3 Å². The van der Waals surface area contributed by atoms with E-state index in [1.54, 1.807) is 13.8 Å². The molecule has 0 aromatic carbocycles. The van der Waals surface area contributed by atoms with Crippen LogP contribution in [0.5, 0.6) is 0 Å². The fraction of sp³-hybridized carbons (Fsp3) is 0.750. The van der Waals surface area contributed by atoms with Gasteiger partial charge in [-0.2, -0.15) is 0 Å².